The minimum Gasteiger partial charge on any atom is -0.398 e. The first-order valence-electron chi connectivity index (χ1n) is 3.87. The van der Waals surface area contributed by atoms with Gasteiger partial charge in [0.2, 0.25) is 0 Å². The molecular formula is C8H12ClN3O2. The molecule has 0 spiro atoms. The van der Waals surface area contributed by atoms with Gasteiger partial charge in [-0.2, -0.15) is 0 Å². The van der Waals surface area contributed by atoms with Crippen molar-refractivity contribution in [3.63, 3.8) is 0 Å². The van der Waals surface area contributed by atoms with E-state index < -0.39 is 0 Å². The Kier molecular flexibility index (Phi) is 5.59. The lowest BCUT2D eigenvalue weighted by atomic mass is 10.2. The topological polar surface area (TPSA) is 77.2 Å². The van der Waals surface area contributed by atoms with Crippen LogP contribution in [0.25, 0.3) is 0 Å². The Hall–Kier alpha value is -1.33. The summed E-state index contributed by atoms with van der Waals surface area (Å²) in [5.74, 6) is -0.382. The minimum atomic E-state index is -0.382. The molecule has 0 aliphatic rings. The van der Waals surface area contributed by atoms with Gasteiger partial charge in [0.1, 0.15) is 0 Å². The number of pyridine rings is 1. The number of carbonyl (C=O) groups is 1. The maximum atomic E-state index is 11.3. The van der Waals surface area contributed by atoms with Crippen molar-refractivity contribution in [1.82, 2.24) is 10.5 Å². The zero-order valence-corrected chi connectivity index (χ0v) is 8.50. The van der Waals surface area contributed by atoms with Crippen molar-refractivity contribution in [2.75, 3.05) is 12.3 Å². The number of hydrogen-bond acceptors (Lipinski definition) is 4. The second-order valence-corrected chi connectivity index (χ2v) is 2.33. The number of anilines is 1. The van der Waals surface area contributed by atoms with Crippen LogP contribution in [0.4, 0.5) is 5.69 Å². The minimum absolute atomic E-state index is 0. The molecule has 0 fully saturated rings. The molecule has 0 aliphatic carbocycles. The second-order valence-electron chi connectivity index (χ2n) is 2.33. The van der Waals surface area contributed by atoms with E-state index >= 15 is 0 Å². The normalized spacial score (nSPS) is 8.93. The molecule has 0 radical (unpaired) electrons. The highest BCUT2D eigenvalue weighted by Gasteiger charge is 2.08. The van der Waals surface area contributed by atoms with Gasteiger partial charge < -0.3 is 5.73 Å². The van der Waals surface area contributed by atoms with E-state index in [2.05, 4.69) is 10.5 Å². The SMILES string of the molecule is CCONC(=O)c1cnccc1N.Cl. The number of amides is 1. The highest BCUT2D eigenvalue weighted by molar-refractivity contribution is 5.98. The maximum Gasteiger partial charge on any atom is 0.278 e. The summed E-state index contributed by atoms with van der Waals surface area (Å²) in [6.07, 6.45) is 2.91. The number of halogens is 1. The number of nitrogen functional groups attached to an aromatic ring is 1. The fourth-order valence-corrected chi connectivity index (χ4v) is 0.788. The molecule has 3 N–H and O–H groups in total. The van der Waals surface area contributed by atoms with Crippen molar-refractivity contribution in [3.05, 3.63) is 24.0 Å². The molecule has 0 saturated heterocycles. The molecule has 6 heteroatoms. The Morgan fingerprint density at radius 1 is 1.71 bits per heavy atom. The van der Waals surface area contributed by atoms with Gasteiger partial charge in [-0.15, -0.1) is 12.4 Å². The van der Waals surface area contributed by atoms with Crippen molar-refractivity contribution >= 4 is 24.0 Å². The molecule has 0 saturated carbocycles. The number of hydrogen-bond donors (Lipinski definition) is 2. The molecule has 1 heterocycles. The largest absolute Gasteiger partial charge is 0.398 e. The number of carbonyl (C=O) groups excluding carboxylic acids is 1. The van der Waals surface area contributed by atoms with E-state index in [1.54, 1.807) is 13.0 Å². The van der Waals surface area contributed by atoms with Crippen molar-refractivity contribution in [2.45, 2.75) is 6.92 Å². The quantitative estimate of drug-likeness (QED) is 0.734. The summed E-state index contributed by atoms with van der Waals surface area (Å²) < 4.78 is 0. The molecule has 0 aliphatic heterocycles. The molecule has 0 unspecified atom stereocenters. The zero-order chi connectivity index (χ0) is 9.68. The van der Waals surface area contributed by atoms with Crippen LogP contribution in [-0.4, -0.2) is 17.5 Å². The third kappa shape index (κ3) is 3.20. The molecule has 78 valence electrons. The summed E-state index contributed by atoms with van der Waals surface area (Å²) in [5.41, 5.74) is 8.46. The first-order chi connectivity index (χ1) is 6.25. The first kappa shape index (κ1) is 12.7. The maximum absolute atomic E-state index is 11.3. The van der Waals surface area contributed by atoms with E-state index in [0.29, 0.717) is 17.9 Å². The Bertz CT molecular complexity index is 306. The fourth-order valence-electron chi connectivity index (χ4n) is 0.788. The average molecular weight is 218 g/mol. The number of nitrogens with two attached hydrogens (primary N) is 1. The van der Waals surface area contributed by atoms with E-state index in [1.165, 1.54) is 12.4 Å². The molecule has 1 rings (SSSR count). The first-order valence-corrected chi connectivity index (χ1v) is 3.87. The summed E-state index contributed by atoms with van der Waals surface area (Å²) in [4.78, 5) is 19.8. The van der Waals surface area contributed by atoms with Gasteiger partial charge in [-0.05, 0) is 13.0 Å². The molecule has 1 aromatic rings. The van der Waals surface area contributed by atoms with E-state index in [9.17, 15) is 4.79 Å². The smallest absolute Gasteiger partial charge is 0.278 e. The van der Waals surface area contributed by atoms with Crippen molar-refractivity contribution in [1.29, 1.82) is 0 Å². The van der Waals surface area contributed by atoms with Gasteiger partial charge in [-0.1, -0.05) is 0 Å². The van der Waals surface area contributed by atoms with E-state index in [1.807, 2.05) is 0 Å². The Labute approximate surface area is 88.0 Å². The van der Waals surface area contributed by atoms with Gasteiger partial charge in [-0.3, -0.25) is 14.6 Å². The lowest BCUT2D eigenvalue weighted by molar-refractivity contribution is 0.0365. The number of nitrogens with zero attached hydrogens (tertiary/aromatic N) is 1. The lowest BCUT2D eigenvalue weighted by Crippen LogP contribution is -2.24. The number of nitrogens with one attached hydrogen (secondary N) is 1. The fraction of sp³-hybridized carbons (Fsp3) is 0.250. The number of aromatic nitrogens is 1. The third-order valence-corrected chi connectivity index (χ3v) is 1.41. The highest BCUT2D eigenvalue weighted by Crippen LogP contribution is 2.07. The van der Waals surface area contributed by atoms with Crippen LogP contribution in [0.5, 0.6) is 0 Å². The lowest BCUT2D eigenvalue weighted by Gasteiger charge is -2.04. The van der Waals surface area contributed by atoms with Crippen LogP contribution in [0.3, 0.4) is 0 Å². The summed E-state index contributed by atoms with van der Waals surface area (Å²) in [5, 5.41) is 0. The predicted octanol–water partition coefficient (Wildman–Crippen LogP) is 0.767. The van der Waals surface area contributed by atoms with Crippen molar-refractivity contribution < 1.29 is 9.63 Å². The molecule has 1 aromatic heterocycles. The van der Waals surface area contributed by atoms with Crippen LogP contribution in [-0.2, 0) is 4.84 Å². The van der Waals surface area contributed by atoms with Gasteiger partial charge in [0.25, 0.3) is 5.91 Å². The van der Waals surface area contributed by atoms with E-state index in [-0.39, 0.29) is 18.3 Å². The van der Waals surface area contributed by atoms with Crippen LogP contribution in [0.15, 0.2) is 18.5 Å². The van der Waals surface area contributed by atoms with Gasteiger partial charge in [0.15, 0.2) is 0 Å². The van der Waals surface area contributed by atoms with Gasteiger partial charge >= 0.3 is 0 Å². The summed E-state index contributed by atoms with van der Waals surface area (Å²) in [6, 6.07) is 1.56. The molecular weight excluding hydrogens is 206 g/mol. The summed E-state index contributed by atoms with van der Waals surface area (Å²) >= 11 is 0. The average Bonchev–Trinajstić information content (AvgIpc) is 2.15. The van der Waals surface area contributed by atoms with Crippen LogP contribution < -0.4 is 11.2 Å². The Morgan fingerprint density at radius 2 is 2.43 bits per heavy atom. The van der Waals surface area contributed by atoms with Crippen molar-refractivity contribution in [3.8, 4) is 0 Å². The molecule has 5 nitrogen and oxygen atoms in total. The molecule has 1 amide bonds. The predicted molar refractivity (Wildman–Crippen MR) is 55.0 cm³/mol. The second kappa shape index (κ2) is 6.17. The molecule has 0 bridgehead atoms. The number of hydroxylamine groups is 1. The Morgan fingerprint density at radius 3 is 3.00 bits per heavy atom. The molecule has 0 atom stereocenters. The standard InChI is InChI=1S/C8H11N3O2.ClH/c1-2-13-11-8(12)6-5-10-4-3-7(6)9;/h3-5H,2H2,1H3,(H2,9,10)(H,11,12);1H. The number of rotatable bonds is 3. The summed E-state index contributed by atoms with van der Waals surface area (Å²) in [6.45, 7) is 2.18. The van der Waals surface area contributed by atoms with Gasteiger partial charge in [-0.25, -0.2) is 5.48 Å². The third-order valence-electron chi connectivity index (χ3n) is 1.41. The van der Waals surface area contributed by atoms with E-state index in [4.69, 9.17) is 10.6 Å². The van der Waals surface area contributed by atoms with Crippen LogP contribution in [0.2, 0.25) is 0 Å². The zero-order valence-electron chi connectivity index (χ0n) is 7.69. The van der Waals surface area contributed by atoms with Crippen LogP contribution >= 0.6 is 12.4 Å². The molecule has 0 aromatic carbocycles. The van der Waals surface area contributed by atoms with E-state index in [0.717, 1.165) is 0 Å². The summed E-state index contributed by atoms with van der Waals surface area (Å²) in [7, 11) is 0. The van der Waals surface area contributed by atoms with Crippen LogP contribution in [0, 0.1) is 0 Å². The highest BCUT2D eigenvalue weighted by atomic mass is 35.5. The Balaban J connectivity index is 0.00000169. The van der Waals surface area contributed by atoms with Crippen LogP contribution in [0.1, 0.15) is 17.3 Å². The monoisotopic (exact) mass is 217 g/mol. The van der Waals surface area contributed by atoms with Crippen molar-refractivity contribution in [2.24, 2.45) is 0 Å². The van der Waals surface area contributed by atoms with Gasteiger partial charge in [0.05, 0.1) is 12.2 Å². The molecule has 14 heavy (non-hydrogen) atoms. The van der Waals surface area contributed by atoms with Gasteiger partial charge in [0, 0.05) is 18.1 Å².